The smallest absolute Gasteiger partial charge is 0.300 e. The molecule has 2 aliphatic rings. The van der Waals surface area contributed by atoms with Crippen LogP contribution in [0.3, 0.4) is 0 Å². The first-order chi connectivity index (χ1) is 8.40. The quantitative estimate of drug-likeness (QED) is 0.409. The summed E-state index contributed by atoms with van der Waals surface area (Å²) in [6.45, 7) is 6.29. The van der Waals surface area contributed by atoms with Crippen molar-refractivity contribution in [1.82, 2.24) is 4.90 Å². The van der Waals surface area contributed by atoms with Gasteiger partial charge in [-0.2, -0.15) is 29.8 Å². The van der Waals surface area contributed by atoms with Crippen LogP contribution in [0.4, 0.5) is 0 Å². The van der Waals surface area contributed by atoms with E-state index in [1.807, 2.05) is 6.08 Å². The summed E-state index contributed by atoms with van der Waals surface area (Å²) >= 11 is 0. The van der Waals surface area contributed by atoms with E-state index in [0.29, 0.717) is 0 Å². The normalized spacial score (nSPS) is 26.0. The second-order valence-electron chi connectivity index (χ2n) is 5.24. The first-order valence-corrected chi connectivity index (χ1v) is 6.74. The number of aryl methyl sites for hydroxylation is 1. The first kappa shape index (κ1) is 13.9. The van der Waals surface area contributed by atoms with Gasteiger partial charge in [-0.15, -0.1) is 12.1 Å². The number of benzene rings is 1. The third-order valence-corrected chi connectivity index (χ3v) is 4.38. The molecule has 0 saturated carbocycles. The van der Waals surface area contributed by atoms with E-state index in [1.165, 1.54) is 32.4 Å². The Hall–Kier alpha value is -0.483. The molecule has 1 aliphatic carbocycles. The maximum Gasteiger partial charge on any atom is 1.00 e. The van der Waals surface area contributed by atoms with Crippen molar-refractivity contribution in [2.75, 3.05) is 13.1 Å². The summed E-state index contributed by atoms with van der Waals surface area (Å²) in [6, 6.07) is 10.6. The summed E-state index contributed by atoms with van der Waals surface area (Å²) in [4.78, 5) is 2.67. The van der Waals surface area contributed by atoms with Gasteiger partial charge >= 0.3 is 18.9 Å². The summed E-state index contributed by atoms with van der Waals surface area (Å²) in [5.74, 6) is 0.776. The van der Waals surface area contributed by atoms with Crippen molar-refractivity contribution >= 4 is 0 Å². The largest absolute Gasteiger partial charge is 1.00 e. The molecule has 1 fully saturated rings. The number of hydrogen-bond donors (Lipinski definition) is 0. The molecule has 0 aromatic heterocycles. The van der Waals surface area contributed by atoms with Gasteiger partial charge in [0.05, 0.1) is 0 Å². The molecule has 1 nitrogen and oxygen atoms in total. The van der Waals surface area contributed by atoms with E-state index < -0.39 is 0 Å². The third kappa shape index (κ3) is 2.45. The Morgan fingerprint density at radius 1 is 1.44 bits per heavy atom. The number of rotatable bonds is 3. The van der Waals surface area contributed by atoms with Gasteiger partial charge in [-0.1, -0.05) is 12.5 Å². The average molecular weight is 233 g/mol. The fourth-order valence-corrected chi connectivity index (χ4v) is 3.56. The molecule has 2 atom stereocenters. The molecule has 0 radical (unpaired) electrons. The van der Waals surface area contributed by atoms with E-state index in [9.17, 15) is 0 Å². The standard InChI is InChI=1S/C16H20N.Li/c1-2-3-11-17-12-10-15-14-7-5-4-6-13(14)8-9-16(15)17;/h2,5-7,15-16H,1,3,8-12H2;/q-1;+1/t15-,16+;/m0./s1. The van der Waals surface area contributed by atoms with Crippen molar-refractivity contribution in [3.63, 3.8) is 0 Å². The predicted molar refractivity (Wildman–Crippen MR) is 71.1 cm³/mol. The van der Waals surface area contributed by atoms with Crippen LogP contribution in [0.25, 0.3) is 0 Å². The van der Waals surface area contributed by atoms with Gasteiger partial charge in [-0.3, -0.25) is 4.90 Å². The molecular formula is C16H20LiN. The van der Waals surface area contributed by atoms with Crippen LogP contribution in [0.5, 0.6) is 0 Å². The predicted octanol–water partition coefficient (Wildman–Crippen LogP) is 0.171. The Morgan fingerprint density at radius 2 is 2.33 bits per heavy atom. The number of likely N-dealkylation sites (tertiary alicyclic amines) is 1. The Bertz CT molecular complexity index is 415. The molecule has 90 valence electrons. The molecular weight excluding hydrogens is 213 g/mol. The van der Waals surface area contributed by atoms with Crippen LogP contribution in [0.2, 0.25) is 0 Å². The molecule has 3 rings (SSSR count). The molecule has 1 aromatic carbocycles. The molecule has 0 bridgehead atoms. The van der Waals surface area contributed by atoms with Gasteiger partial charge < -0.3 is 0 Å². The third-order valence-electron chi connectivity index (χ3n) is 4.38. The fraction of sp³-hybridized carbons (Fsp3) is 0.500. The first-order valence-electron chi connectivity index (χ1n) is 6.74. The van der Waals surface area contributed by atoms with Crippen LogP contribution in [-0.4, -0.2) is 24.0 Å². The monoisotopic (exact) mass is 233 g/mol. The zero-order valence-electron chi connectivity index (χ0n) is 11.4. The Morgan fingerprint density at radius 3 is 3.17 bits per heavy atom. The summed E-state index contributed by atoms with van der Waals surface area (Å²) in [7, 11) is 0. The summed E-state index contributed by atoms with van der Waals surface area (Å²) in [5, 5.41) is 0. The molecule has 0 N–H and O–H groups in total. The van der Waals surface area contributed by atoms with E-state index in [4.69, 9.17) is 0 Å². The van der Waals surface area contributed by atoms with Crippen LogP contribution < -0.4 is 18.9 Å². The molecule has 0 spiro atoms. The van der Waals surface area contributed by atoms with Crippen LogP contribution in [0, 0.1) is 6.07 Å². The van der Waals surface area contributed by atoms with Crippen molar-refractivity contribution < 1.29 is 18.9 Å². The van der Waals surface area contributed by atoms with Crippen LogP contribution in [0.1, 0.15) is 36.3 Å². The van der Waals surface area contributed by atoms with Gasteiger partial charge in [-0.25, -0.2) is 0 Å². The van der Waals surface area contributed by atoms with Crippen LogP contribution >= 0.6 is 0 Å². The summed E-state index contributed by atoms with van der Waals surface area (Å²) < 4.78 is 0. The Labute approximate surface area is 122 Å². The Kier molecular flexibility index (Phi) is 4.73. The molecule has 0 unspecified atom stereocenters. The van der Waals surface area contributed by atoms with E-state index in [-0.39, 0.29) is 18.9 Å². The van der Waals surface area contributed by atoms with E-state index in [2.05, 4.69) is 35.7 Å². The van der Waals surface area contributed by atoms with Gasteiger partial charge in [0.25, 0.3) is 0 Å². The minimum absolute atomic E-state index is 0. The number of fused-ring (bicyclic) bond motifs is 3. The van der Waals surface area contributed by atoms with Crippen molar-refractivity contribution in [3.8, 4) is 0 Å². The van der Waals surface area contributed by atoms with Crippen molar-refractivity contribution in [2.45, 2.75) is 37.6 Å². The van der Waals surface area contributed by atoms with E-state index in [0.717, 1.165) is 18.4 Å². The van der Waals surface area contributed by atoms with Gasteiger partial charge in [0.1, 0.15) is 0 Å². The fourth-order valence-electron chi connectivity index (χ4n) is 3.56. The van der Waals surface area contributed by atoms with Crippen molar-refractivity contribution in [2.24, 2.45) is 0 Å². The molecule has 18 heavy (non-hydrogen) atoms. The zero-order valence-corrected chi connectivity index (χ0v) is 11.4. The molecule has 0 amide bonds. The summed E-state index contributed by atoms with van der Waals surface area (Å²) in [5.41, 5.74) is 3.14. The van der Waals surface area contributed by atoms with Crippen LogP contribution in [0.15, 0.2) is 30.9 Å². The average Bonchev–Trinajstić information content (AvgIpc) is 2.80. The minimum Gasteiger partial charge on any atom is -0.300 e. The second kappa shape index (κ2) is 6.11. The number of nitrogens with zero attached hydrogens (tertiary/aromatic N) is 1. The maximum atomic E-state index is 3.83. The van der Waals surface area contributed by atoms with Crippen molar-refractivity contribution in [1.29, 1.82) is 0 Å². The maximum absolute atomic E-state index is 3.83. The van der Waals surface area contributed by atoms with Gasteiger partial charge in [0.2, 0.25) is 0 Å². The molecule has 1 heterocycles. The minimum atomic E-state index is 0. The SMILES string of the molecule is C=CCCN1CC[C@H]2c3cc[c-]cc3CC[C@H]21.[Li+]. The summed E-state index contributed by atoms with van der Waals surface area (Å²) in [6.07, 6.45) is 7.06. The second-order valence-corrected chi connectivity index (χ2v) is 5.24. The van der Waals surface area contributed by atoms with Gasteiger partial charge in [0, 0.05) is 12.6 Å². The van der Waals surface area contributed by atoms with E-state index >= 15 is 0 Å². The van der Waals surface area contributed by atoms with Gasteiger partial charge in [0.15, 0.2) is 0 Å². The molecule has 1 saturated heterocycles. The molecule has 2 heteroatoms. The topological polar surface area (TPSA) is 3.24 Å². The molecule has 1 aromatic rings. The Balaban J connectivity index is 0.00000120. The van der Waals surface area contributed by atoms with Crippen LogP contribution in [-0.2, 0) is 6.42 Å². The zero-order chi connectivity index (χ0) is 11.7. The van der Waals surface area contributed by atoms with E-state index in [1.54, 1.807) is 11.1 Å². The van der Waals surface area contributed by atoms with Crippen molar-refractivity contribution in [3.05, 3.63) is 48.0 Å². The van der Waals surface area contributed by atoms with Gasteiger partial charge in [-0.05, 0) is 31.7 Å². The number of hydrogen-bond acceptors (Lipinski definition) is 1. The molecule has 1 aliphatic heterocycles.